The minimum atomic E-state index is -0.717. The zero-order valence-electron chi connectivity index (χ0n) is 8.90. The highest BCUT2D eigenvalue weighted by Crippen LogP contribution is 2.19. The molecule has 84 valence electrons. The molecule has 4 heteroatoms. The number of rotatable bonds is 5. The van der Waals surface area contributed by atoms with Crippen LogP contribution in [0.15, 0.2) is 24.3 Å². The fourth-order valence-corrected chi connectivity index (χ4v) is 1.27. The summed E-state index contributed by atoms with van der Waals surface area (Å²) >= 11 is 0. The van der Waals surface area contributed by atoms with E-state index in [-0.39, 0.29) is 13.2 Å². The lowest BCUT2D eigenvalue weighted by Crippen LogP contribution is -2.42. The van der Waals surface area contributed by atoms with Crippen LogP contribution in [0, 0.1) is 0 Å². The predicted octanol–water partition coefficient (Wildman–Crippen LogP) is 0.301. The van der Waals surface area contributed by atoms with Gasteiger partial charge in [-0.1, -0.05) is 18.2 Å². The summed E-state index contributed by atoms with van der Waals surface area (Å²) in [5.74, 6) is 0. The zero-order valence-corrected chi connectivity index (χ0v) is 8.90. The number of nitrogens with two attached hydrogens (primary N) is 1. The predicted molar refractivity (Wildman–Crippen MR) is 60.5 cm³/mol. The molecule has 0 saturated carbocycles. The molecule has 0 aliphatic carbocycles. The van der Waals surface area contributed by atoms with Gasteiger partial charge < -0.3 is 21.3 Å². The molecule has 1 aromatic carbocycles. The molecule has 0 aliphatic heterocycles. The molecule has 0 saturated heterocycles. The highest BCUT2D eigenvalue weighted by Gasteiger charge is 2.22. The van der Waals surface area contributed by atoms with Gasteiger partial charge in [0.15, 0.2) is 0 Å². The number of nitrogens with one attached hydrogen (secondary N) is 1. The number of aliphatic hydroxyl groups is 2. The van der Waals surface area contributed by atoms with Crippen LogP contribution >= 0.6 is 0 Å². The molecule has 1 aromatic rings. The van der Waals surface area contributed by atoms with Crippen LogP contribution in [0.2, 0.25) is 0 Å². The maximum Gasteiger partial charge on any atom is 0.0806 e. The highest BCUT2D eigenvalue weighted by molar-refractivity contribution is 5.52. The normalized spacial score (nSPS) is 11.5. The molecule has 0 aromatic heterocycles. The first-order valence-electron chi connectivity index (χ1n) is 4.93. The third-order valence-corrected chi connectivity index (χ3v) is 2.37. The van der Waals surface area contributed by atoms with Crippen LogP contribution in [0.1, 0.15) is 12.5 Å². The van der Waals surface area contributed by atoms with Crippen LogP contribution in [-0.4, -0.2) is 29.0 Å². The Morgan fingerprint density at radius 2 is 1.87 bits per heavy atom. The number of hydrogen-bond acceptors (Lipinski definition) is 4. The van der Waals surface area contributed by atoms with Crippen molar-refractivity contribution in [2.45, 2.75) is 19.0 Å². The Hall–Kier alpha value is -1.10. The molecule has 0 bridgehead atoms. The van der Waals surface area contributed by atoms with Crippen molar-refractivity contribution in [3.63, 3.8) is 0 Å². The summed E-state index contributed by atoms with van der Waals surface area (Å²) in [4.78, 5) is 0. The Morgan fingerprint density at radius 3 is 2.40 bits per heavy atom. The van der Waals surface area contributed by atoms with E-state index in [0.29, 0.717) is 6.54 Å². The van der Waals surface area contributed by atoms with Crippen molar-refractivity contribution in [2.24, 2.45) is 5.73 Å². The van der Waals surface area contributed by atoms with Gasteiger partial charge in [-0.25, -0.2) is 0 Å². The summed E-state index contributed by atoms with van der Waals surface area (Å²) in [5.41, 5.74) is 6.69. The average Bonchev–Trinajstić information content (AvgIpc) is 2.29. The van der Waals surface area contributed by atoms with Gasteiger partial charge in [-0.3, -0.25) is 0 Å². The summed E-state index contributed by atoms with van der Waals surface area (Å²) in [7, 11) is 0. The lowest BCUT2D eigenvalue weighted by Gasteiger charge is -2.28. The van der Waals surface area contributed by atoms with E-state index < -0.39 is 5.54 Å². The molecule has 0 heterocycles. The fraction of sp³-hybridized carbons (Fsp3) is 0.455. The van der Waals surface area contributed by atoms with Gasteiger partial charge in [0.2, 0.25) is 0 Å². The summed E-state index contributed by atoms with van der Waals surface area (Å²) in [6.07, 6.45) is 0. The quantitative estimate of drug-likeness (QED) is 0.563. The van der Waals surface area contributed by atoms with Gasteiger partial charge in [0.1, 0.15) is 0 Å². The summed E-state index contributed by atoms with van der Waals surface area (Å²) < 4.78 is 0. The van der Waals surface area contributed by atoms with E-state index in [4.69, 9.17) is 15.9 Å². The molecule has 0 aliphatic rings. The molecular formula is C11H18N2O2. The average molecular weight is 210 g/mol. The number of benzene rings is 1. The van der Waals surface area contributed by atoms with Crippen LogP contribution in [0.25, 0.3) is 0 Å². The molecule has 1 rings (SSSR count). The summed E-state index contributed by atoms with van der Waals surface area (Å²) in [6, 6.07) is 7.59. The Kier molecular flexibility index (Phi) is 4.08. The molecule has 0 amide bonds. The van der Waals surface area contributed by atoms with Crippen LogP contribution in [0.4, 0.5) is 5.69 Å². The van der Waals surface area contributed by atoms with Gasteiger partial charge in [-0.15, -0.1) is 0 Å². The fourth-order valence-electron chi connectivity index (χ4n) is 1.27. The molecule has 0 spiro atoms. The van der Waals surface area contributed by atoms with Crippen molar-refractivity contribution in [3.05, 3.63) is 29.8 Å². The molecule has 5 N–H and O–H groups in total. The van der Waals surface area contributed by atoms with E-state index in [1.165, 1.54) is 0 Å². The van der Waals surface area contributed by atoms with Crippen molar-refractivity contribution in [3.8, 4) is 0 Å². The minimum Gasteiger partial charge on any atom is -0.394 e. The zero-order chi connectivity index (χ0) is 11.3. The van der Waals surface area contributed by atoms with Crippen molar-refractivity contribution in [1.82, 2.24) is 0 Å². The minimum absolute atomic E-state index is 0.137. The Labute approximate surface area is 89.7 Å². The van der Waals surface area contributed by atoms with Crippen molar-refractivity contribution in [1.29, 1.82) is 0 Å². The first kappa shape index (κ1) is 12.0. The molecule has 4 nitrogen and oxygen atoms in total. The second-order valence-corrected chi connectivity index (χ2v) is 3.86. The lowest BCUT2D eigenvalue weighted by atomic mass is 10.0. The lowest BCUT2D eigenvalue weighted by molar-refractivity contribution is 0.147. The second-order valence-electron chi connectivity index (χ2n) is 3.86. The van der Waals surface area contributed by atoms with Crippen LogP contribution in [-0.2, 0) is 6.54 Å². The first-order chi connectivity index (χ1) is 7.15. The van der Waals surface area contributed by atoms with Crippen molar-refractivity contribution < 1.29 is 10.2 Å². The van der Waals surface area contributed by atoms with E-state index in [2.05, 4.69) is 5.32 Å². The molecule has 0 fully saturated rings. The molecule has 0 atom stereocenters. The largest absolute Gasteiger partial charge is 0.394 e. The SMILES string of the molecule is CC(CO)(CO)Nc1ccccc1CN. The van der Waals surface area contributed by atoms with Crippen molar-refractivity contribution in [2.75, 3.05) is 18.5 Å². The Bertz CT molecular complexity index is 311. The number of anilines is 1. The first-order valence-corrected chi connectivity index (χ1v) is 4.93. The third kappa shape index (κ3) is 2.92. The van der Waals surface area contributed by atoms with E-state index in [9.17, 15) is 0 Å². The van der Waals surface area contributed by atoms with Crippen LogP contribution < -0.4 is 11.1 Å². The highest BCUT2D eigenvalue weighted by atomic mass is 16.3. The van der Waals surface area contributed by atoms with E-state index in [1.807, 2.05) is 24.3 Å². The smallest absolute Gasteiger partial charge is 0.0806 e. The third-order valence-electron chi connectivity index (χ3n) is 2.37. The molecular weight excluding hydrogens is 192 g/mol. The Balaban J connectivity index is 2.87. The Morgan fingerprint density at radius 1 is 1.27 bits per heavy atom. The number of hydrogen-bond donors (Lipinski definition) is 4. The maximum atomic E-state index is 9.16. The number of para-hydroxylation sites is 1. The van der Waals surface area contributed by atoms with Gasteiger partial charge in [0.25, 0.3) is 0 Å². The van der Waals surface area contributed by atoms with Crippen molar-refractivity contribution >= 4 is 5.69 Å². The van der Waals surface area contributed by atoms with E-state index in [1.54, 1.807) is 6.92 Å². The monoisotopic (exact) mass is 210 g/mol. The van der Waals surface area contributed by atoms with Gasteiger partial charge >= 0.3 is 0 Å². The maximum absolute atomic E-state index is 9.16. The van der Waals surface area contributed by atoms with Gasteiger partial charge in [-0.05, 0) is 18.6 Å². The summed E-state index contributed by atoms with van der Waals surface area (Å²) in [6.45, 7) is 1.90. The van der Waals surface area contributed by atoms with E-state index in [0.717, 1.165) is 11.3 Å². The van der Waals surface area contributed by atoms with Gasteiger partial charge in [-0.2, -0.15) is 0 Å². The number of aliphatic hydroxyl groups excluding tert-OH is 2. The van der Waals surface area contributed by atoms with E-state index >= 15 is 0 Å². The van der Waals surface area contributed by atoms with Gasteiger partial charge in [0, 0.05) is 12.2 Å². The molecule has 0 unspecified atom stereocenters. The summed E-state index contributed by atoms with van der Waals surface area (Å²) in [5, 5.41) is 21.4. The molecule has 0 radical (unpaired) electrons. The topological polar surface area (TPSA) is 78.5 Å². The van der Waals surface area contributed by atoms with Gasteiger partial charge in [0.05, 0.1) is 18.8 Å². The second kappa shape index (κ2) is 5.11. The van der Waals surface area contributed by atoms with Crippen LogP contribution in [0.3, 0.4) is 0 Å². The van der Waals surface area contributed by atoms with Crippen LogP contribution in [0.5, 0.6) is 0 Å². The standard InChI is InChI=1S/C11H18N2O2/c1-11(7-14,8-15)13-10-5-3-2-4-9(10)6-12/h2-5,13-15H,6-8,12H2,1H3. The molecule has 15 heavy (non-hydrogen) atoms.